The van der Waals surface area contributed by atoms with Crippen molar-refractivity contribution in [3.8, 4) is 5.75 Å². The Morgan fingerprint density at radius 1 is 1.05 bits per heavy atom. The lowest BCUT2D eigenvalue weighted by Gasteiger charge is -2.23. The molecule has 2 aromatic rings. The molecule has 21 heavy (non-hydrogen) atoms. The summed E-state index contributed by atoms with van der Waals surface area (Å²) >= 11 is 0. The molecule has 0 fully saturated rings. The minimum absolute atomic E-state index is 0.686. The van der Waals surface area contributed by atoms with Crippen LogP contribution in [0.15, 0.2) is 54.6 Å². The first-order chi connectivity index (χ1) is 10.3. The van der Waals surface area contributed by atoms with E-state index in [0.717, 1.165) is 25.4 Å². The average molecular weight is 284 g/mol. The lowest BCUT2D eigenvalue weighted by Crippen LogP contribution is -2.27. The van der Waals surface area contributed by atoms with E-state index in [1.165, 1.54) is 11.3 Å². The van der Waals surface area contributed by atoms with Gasteiger partial charge < -0.3 is 15.0 Å². The van der Waals surface area contributed by atoms with E-state index >= 15 is 0 Å². The maximum atomic E-state index is 5.88. The Bertz CT molecular complexity index is 528. The number of ether oxygens (including phenoxy) is 1. The molecule has 1 N–H and O–H groups in total. The number of hydrogen-bond donors (Lipinski definition) is 1. The fraction of sp³-hybridized carbons (Fsp3) is 0.333. The second-order valence-corrected chi connectivity index (χ2v) is 4.94. The average Bonchev–Trinajstić information content (AvgIpc) is 2.53. The highest BCUT2D eigenvalue weighted by atomic mass is 16.5. The van der Waals surface area contributed by atoms with Crippen molar-refractivity contribution in [2.45, 2.75) is 13.5 Å². The molecule has 2 aromatic carbocycles. The molecule has 0 aliphatic heterocycles. The molecule has 0 spiro atoms. The lowest BCUT2D eigenvalue weighted by atomic mass is 10.2. The van der Waals surface area contributed by atoms with Gasteiger partial charge in [-0.25, -0.2) is 0 Å². The van der Waals surface area contributed by atoms with Gasteiger partial charge in [0, 0.05) is 18.8 Å². The molecule has 0 aromatic heterocycles. The molecule has 3 nitrogen and oxygen atoms in total. The predicted molar refractivity (Wildman–Crippen MR) is 89.0 cm³/mol. The summed E-state index contributed by atoms with van der Waals surface area (Å²) in [6, 6.07) is 18.7. The molecule has 0 saturated heterocycles. The van der Waals surface area contributed by atoms with E-state index in [4.69, 9.17) is 4.74 Å². The molecule has 0 unspecified atom stereocenters. The third-order valence-electron chi connectivity index (χ3n) is 3.41. The van der Waals surface area contributed by atoms with Crippen molar-refractivity contribution in [3.05, 3.63) is 60.2 Å². The van der Waals surface area contributed by atoms with E-state index in [-0.39, 0.29) is 0 Å². The first-order valence-electron chi connectivity index (χ1n) is 7.50. The summed E-state index contributed by atoms with van der Waals surface area (Å²) in [4.78, 5) is 2.32. The Labute approximate surface area is 127 Å². The van der Waals surface area contributed by atoms with Crippen molar-refractivity contribution < 1.29 is 4.74 Å². The molecule has 0 atom stereocenters. The fourth-order valence-electron chi connectivity index (χ4n) is 2.33. The normalized spacial score (nSPS) is 10.4. The molecule has 3 heteroatoms. The summed E-state index contributed by atoms with van der Waals surface area (Å²) in [7, 11) is 1.95. The van der Waals surface area contributed by atoms with E-state index in [1.54, 1.807) is 0 Å². The van der Waals surface area contributed by atoms with Crippen LogP contribution in [0, 0.1) is 0 Å². The largest absolute Gasteiger partial charge is 0.492 e. The summed E-state index contributed by atoms with van der Waals surface area (Å²) in [5.74, 6) is 0.937. The van der Waals surface area contributed by atoms with Crippen molar-refractivity contribution in [1.29, 1.82) is 0 Å². The van der Waals surface area contributed by atoms with E-state index < -0.39 is 0 Å². The van der Waals surface area contributed by atoms with Gasteiger partial charge in [0.15, 0.2) is 0 Å². The van der Waals surface area contributed by atoms with Gasteiger partial charge in [0.2, 0.25) is 0 Å². The Morgan fingerprint density at radius 2 is 1.86 bits per heavy atom. The van der Waals surface area contributed by atoms with Crippen molar-refractivity contribution in [1.82, 2.24) is 5.32 Å². The van der Waals surface area contributed by atoms with Gasteiger partial charge in [-0.2, -0.15) is 0 Å². The molecule has 2 rings (SSSR count). The molecule has 112 valence electrons. The third kappa shape index (κ3) is 4.80. The van der Waals surface area contributed by atoms with Gasteiger partial charge >= 0.3 is 0 Å². The third-order valence-corrected chi connectivity index (χ3v) is 3.41. The molecular formula is C18H24N2O. The van der Waals surface area contributed by atoms with Gasteiger partial charge in [0.25, 0.3) is 0 Å². The van der Waals surface area contributed by atoms with Crippen LogP contribution < -0.4 is 15.0 Å². The van der Waals surface area contributed by atoms with E-state index in [9.17, 15) is 0 Å². The highest BCUT2D eigenvalue weighted by Crippen LogP contribution is 2.15. The van der Waals surface area contributed by atoms with Crippen LogP contribution in [0.25, 0.3) is 0 Å². The summed E-state index contributed by atoms with van der Waals surface area (Å²) in [6.45, 7) is 5.58. The molecule has 0 aliphatic rings. The zero-order valence-corrected chi connectivity index (χ0v) is 12.9. The van der Waals surface area contributed by atoms with Gasteiger partial charge in [-0.05, 0) is 43.8 Å². The SMILES string of the molecule is CCN(CCOc1cccc(CNC)c1)c1ccccc1. The number of nitrogens with zero attached hydrogens (tertiary/aromatic N) is 1. The Kier molecular flexibility index (Phi) is 6.10. The number of anilines is 1. The second kappa shape index (κ2) is 8.32. The minimum atomic E-state index is 0.686. The van der Waals surface area contributed by atoms with Crippen molar-refractivity contribution in [2.75, 3.05) is 31.6 Å². The molecule has 0 heterocycles. The smallest absolute Gasteiger partial charge is 0.119 e. The minimum Gasteiger partial charge on any atom is -0.492 e. The standard InChI is InChI=1S/C18H24N2O/c1-3-20(17-9-5-4-6-10-17)12-13-21-18-11-7-8-16(14-18)15-19-2/h4-11,14,19H,3,12-13,15H2,1-2H3. The van der Waals surface area contributed by atoms with Crippen molar-refractivity contribution >= 4 is 5.69 Å². The van der Waals surface area contributed by atoms with Crippen LogP contribution >= 0.6 is 0 Å². The first-order valence-corrected chi connectivity index (χ1v) is 7.50. The topological polar surface area (TPSA) is 24.5 Å². The quantitative estimate of drug-likeness (QED) is 0.805. The highest BCUT2D eigenvalue weighted by molar-refractivity contribution is 5.45. The molecule has 0 radical (unpaired) electrons. The zero-order valence-electron chi connectivity index (χ0n) is 12.9. The highest BCUT2D eigenvalue weighted by Gasteiger charge is 2.04. The number of hydrogen-bond acceptors (Lipinski definition) is 3. The monoisotopic (exact) mass is 284 g/mol. The number of benzene rings is 2. The number of para-hydroxylation sites is 1. The van der Waals surface area contributed by atoms with Crippen molar-refractivity contribution in [2.24, 2.45) is 0 Å². The zero-order chi connectivity index (χ0) is 14.9. The van der Waals surface area contributed by atoms with Gasteiger partial charge in [0.1, 0.15) is 12.4 Å². The van der Waals surface area contributed by atoms with Gasteiger partial charge in [-0.1, -0.05) is 30.3 Å². The fourth-order valence-corrected chi connectivity index (χ4v) is 2.33. The molecular weight excluding hydrogens is 260 g/mol. The first kappa shape index (κ1) is 15.4. The van der Waals surface area contributed by atoms with Crippen LogP contribution in [-0.2, 0) is 6.54 Å². The predicted octanol–water partition coefficient (Wildman–Crippen LogP) is 3.31. The Balaban J connectivity index is 1.87. The summed E-state index contributed by atoms with van der Waals surface area (Å²) in [5.41, 5.74) is 2.48. The number of nitrogens with one attached hydrogen (secondary N) is 1. The van der Waals surface area contributed by atoms with Crippen LogP contribution in [0.3, 0.4) is 0 Å². The van der Waals surface area contributed by atoms with Gasteiger partial charge in [-0.15, -0.1) is 0 Å². The Morgan fingerprint density at radius 3 is 2.57 bits per heavy atom. The lowest BCUT2D eigenvalue weighted by molar-refractivity contribution is 0.324. The van der Waals surface area contributed by atoms with Crippen LogP contribution in [0.1, 0.15) is 12.5 Å². The summed E-state index contributed by atoms with van der Waals surface area (Å²) in [6.07, 6.45) is 0. The van der Waals surface area contributed by atoms with Gasteiger partial charge in [0.05, 0.1) is 6.54 Å². The molecule has 0 bridgehead atoms. The maximum absolute atomic E-state index is 5.88. The van der Waals surface area contributed by atoms with Gasteiger partial charge in [-0.3, -0.25) is 0 Å². The maximum Gasteiger partial charge on any atom is 0.119 e. The summed E-state index contributed by atoms with van der Waals surface area (Å²) < 4.78 is 5.88. The van der Waals surface area contributed by atoms with Crippen LogP contribution in [0.4, 0.5) is 5.69 Å². The number of rotatable bonds is 8. The molecule has 0 saturated carbocycles. The molecule has 0 aliphatic carbocycles. The molecule has 0 amide bonds. The number of likely N-dealkylation sites (N-methyl/N-ethyl adjacent to an activating group) is 1. The van der Waals surface area contributed by atoms with Crippen LogP contribution in [0.5, 0.6) is 5.75 Å². The van der Waals surface area contributed by atoms with Crippen molar-refractivity contribution in [3.63, 3.8) is 0 Å². The van der Waals surface area contributed by atoms with Crippen LogP contribution in [-0.4, -0.2) is 26.7 Å². The summed E-state index contributed by atoms with van der Waals surface area (Å²) in [5, 5.41) is 3.15. The van der Waals surface area contributed by atoms with E-state index in [2.05, 4.69) is 53.5 Å². The van der Waals surface area contributed by atoms with E-state index in [1.807, 2.05) is 25.2 Å². The van der Waals surface area contributed by atoms with Crippen LogP contribution in [0.2, 0.25) is 0 Å². The Hall–Kier alpha value is -2.00. The van der Waals surface area contributed by atoms with E-state index in [0.29, 0.717) is 6.61 Å². The second-order valence-electron chi connectivity index (χ2n) is 4.94.